The fourth-order valence-electron chi connectivity index (χ4n) is 4.98. The van der Waals surface area contributed by atoms with Crippen LogP contribution in [0.5, 0.6) is 5.75 Å². The number of benzene rings is 1. The number of rotatable bonds is 5. The van der Waals surface area contributed by atoms with Gasteiger partial charge in [-0.2, -0.15) is 0 Å². The normalized spacial score (nSPS) is 30.0. The minimum atomic E-state index is -3.44. The van der Waals surface area contributed by atoms with Gasteiger partial charge in [-0.1, -0.05) is 0 Å². The Kier molecular flexibility index (Phi) is 6.17. The molecular weight excluding hydrogens is 435 g/mol. The Labute approximate surface area is 189 Å². The topological polar surface area (TPSA) is 75.9 Å². The molecule has 0 bridgehead atoms. The first-order valence-corrected chi connectivity index (χ1v) is 13.2. The van der Waals surface area contributed by atoms with Crippen molar-refractivity contribution in [2.45, 2.75) is 75.1 Å². The van der Waals surface area contributed by atoms with Crippen LogP contribution < -0.4 is 4.74 Å². The van der Waals surface area contributed by atoms with Crippen LogP contribution >= 0.6 is 0 Å². The van der Waals surface area contributed by atoms with Gasteiger partial charge in [0, 0.05) is 37.5 Å². The van der Waals surface area contributed by atoms with Crippen molar-refractivity contribution < 1.29 is 27.1 Å². The lowest BCUT2D eigenvalue weighted by Crippen LogP contribution is -2.41. The van der Waals surface area contributed by atoms with Crippen molar-refractivity contribution in [3.05, 3.63) is 24.0 Å². The quantitative estimate of drug-likeness (QED) is 0.616. The molecule has 2 heterocycles. The van der Waals surface area contributed by atoms with Crippen LogP contribution in [-0.2, 0) is 14.6 Å². The van der Waals surface area contributed by atoms with E-state index in [4.69, 9.17) is 9.47 Å². The molecule has 3 aliphatic rings. The van der Waals surface area contributed by atoms with Gasteiger partial charge < -0.3 is 14.4 Å². The molecule has 0 spiro atoms. The number of likely N-dealkylation sites (tertiary alicyclic amines) is 1. The van der Waals surface area contributed by atoms with E-state index in [0.29, 0.717) is 30.7 Å². The smallest absolute Gasteiger partial charge is 0.410 e. The second-order valence-electron chi connectivity index (χ2n) is 10.3. The van der Waals surface area contributed by atoms with Gasteiger partial charge in [0.25, 0.3) is 0 Å². The number of fused-ring (bicyclic) bond motifs is 1. The van der Waals surface area contributed by atoms with Crippen LogP contribution in [0.15, 0.2) is 23.1 Å². The third-order valence-corrected chi connectivity index (χ3v) is 7.74. The van der Waals surface area contributed by atoms with Crippen molar-refractivity contribution in [2.24, 2.45) is 5.92 Å². The predicted octanol–water partition coefficient (Wildman–Crippen LogP) is 3.47. The van der Waals surface area contributed by atoms with Gasteiger partial charge in [-0.15, -0.1) is 0 Å². The van der Waals surface area contributed by atoms with Crippen LogP contribution in [0.4, 0.5) is 9.18 Å². The van der Waals surface area contributed by atoms with E-state index in [1.54, 1.807) is 0 Å². The highest BCUT2D eigenvalue weighted by atomic mass is 32.2. The van der Waals surface area contributed by atoms with E-state index in [2.05, 4.69) is 4.90 Å². The molecule has 0 N–H and O–H groups in total. The van der Waals surface area contributed by atoms with E-state index in [1.807, 2.05) is 25.7 Å². The van der Waals surface area contributed by atoms with Crippen molar-refractivity contribution in [1.29, 1.82) is 0 Å². The molecule has 2 atom stereocenters. The van der Waals surface area contributed by atoms with Crippen molar-refractivity contribution >= 4 is 15.9 Å². The summed E-state index contributed by atoms with van der Waals surface area (Å²) in [5.74, 6) is -0.186. The van der Waals surface area contributed by atoms with E-state index in [0.717, 1.165) is 51.1 Å². The molecule has 9 heteroatoms. The summed E-state index contributed by atoms with van der Waals surface area (Å²) in [4.78, 5) is 16.6. The molecule has 178 valence electrons. The summed E-state index contributed by atoms with van der Waals surface area (Å²) < 4.78 is 48.4. The second kappa shape index (κ2) is 8.48. The largest absolute Gasteiger partial charge is 0.490 e. The number of halogens is 1. The molecule has 2 saturated heterocycles. The summed E-state index contributed by atoms with van der Waals surface area (Å²) in [5, 5.41) is 0. The highest BCUT2D eigenvalue weighted by Crippen LogP contribution is 2.43. The third-order valence-electron chi connectivity index (χ3n) is 6.63. The first kappa shape index (κ1) is 23.3. The van der Waals surface area contributed by atoms with Crippen molar-refractivity contribution in [3.8, 4) is 5.75 Å². The van der Waals surface area contributed by atoms with E-state index < -0.39 is 21.3 Å². The number of hydrogen-bond donors (Lipinski definition) is 0. The minimum absolute atomic E-state index is 0.0443. The number of hydrogen-bond acceptors (Lipinski definition) is 6. The van der Waals surface area contributed by atoms with Gasteiger partial charge in [-0.05, 0) is 70.6 Å². The molecule has 4 rings (SSSR count). The maximum Gasteiger partial charge on any atom is 0.410 e. The Morgan fingerprint density at radius 1 is 1.12 bits per heavy atom. The molecule has 1 amide bonds. The lowest BCUT2D eigenvalue weighted by molar-refractivity contribution is 0.0244. The number of carbonyl (C=O) groups excluding carboxylic acids is 1. The first-order valence-electron chi connectivity index (χ1n) is 11.3. The number of sulfone groups is 1. The summed E-state index contributed by atoms with van der Waals surface area (Å²) in [6.45, 7) is 7.57. The average molecular weight is 469 g/mol. The van der Waals surface area contributed by atoms with Gasteiger partial charge in [0.05, 0.1) is 11.5 Å². The predicted molar refractivity (Wildman–Crippen MR) is 118 cm³/mol. The van der Waals surface area contributed by atoms with Gasteiger partial charge in [-0.25, -0.2) is 17.6 Å². The number of carbonyl (C=O) groups is 1. The maximum absolute atomic E-state index is 14.2. The highest BCUT2D eigenvalue weighted by molar-refractivity contribution is 7.90. The van der Waals surface area contributed by atoms with Gasteiger partial charge in [-0.3, -0.25) is 4.90 Å². The lowest BCUT2D eigenvalue weighted by atomic mass is 9.86. The van der Waals surface area contributed by atoms with E-state index in [9.17, 15) is 17.6 Å². The summed E-state index contributed by atoms with van der Waals surface area (Å²) >= 11 is 0. The summed E-state index contributed by atoms with van der Waals surface area (Å²) in [5.41, 5.74) is -0.470. The van der Waals surface area contributed by atoms with Crippen molar-refractivity contribution in [2.75, 3.05) is 26.0 Å². The monoisotopic (exact) mass is 468 g/mol. The fraction of sp³-hybridized carbons (Fsp3) is 0.696. The second-order valence-corrected chi connectivity index (χ2v) is 12.3. The van der Waals surface area contributed by atoms with Crippen LogP contribution in [0, 0.1) is 11.7 Å². The SMILES string of the molecule is CC(C)(C)OC(=O)N1C[C@H]2[C@H](C1)N2C1CCC(COc2ccc(S(C)(=O)=O)cc2F)CC1. The van der Waals surface area contributed by atoms with E-state index in [1.165, 1.54) is 12.1 Å². The van der Waals surface area contributed by atoms with Crippen LogP contribution in [0.25, 0.3) is 0 Å². The molecule has 0 aromatic heterocycles. The van der Waals surface area contributed by atoms with Crippen molar-refractivity contribution in [1.82, 2.24) is 9.80 Å². The Hall–Kier alpha value is -1.87. The molecule has 1 aromatic rings. The number of nitrogens with zero attached hydrogens (tertiary/aromatic N) is 2. The summed E-state index contributed by atoms with van der Waals surface area (Å²) in [7, 11) is -3.44. The highest BCUT2D eigenvalue weighted by Gasteiger charge is 2.57. The molecule has 1 aromatic carbocycles. The van der Waals surface area contributed by atoms with E-state index >= 15 is 0 Å². The minimum Gasteiger partial charge on any atom is -0.490 e. The Morgan fingerprint density at radius 2 is 1.75 bits per heavy atom. The fourth-order valence-corrected chi connectivity index (χ4v) is 5.61. The van der Waals surface area contributed by atoms with Gasteiger partial charge in [0.15, 0.2) is 21.4 Å². The number of amides is 1. The molecule has 0 unspecified atom stereocenters. The zero-order chi connectivity index (χ0) is 23.3. The first-order chi connectivity index (χ1) is 14.9. The Morgan fingerprint density at radius 3 is 2.28 bits per heavy atom. The zero-order valence-electron chi connectivity index (χ0n) is 19.2. The third kappa shape index (κ3) is 5.20. The molecule has 1 saturated carbocycles. The van der Waals surface area contributed by atoms with Crippen LogP contribution in [0.3, 0.4) is 0 Å². The standard InChI is InChI=1S/C23H33FN2O5S/c1-23(2,3)31-22(27)25-12-19-20(13-25)26(19)16-7-5-15(6-8-16)14-30-21-10-9-17(11-18(21)24)32(4,28)29/h9-11,15-16,19-20H,5-8,12-14H2,1-4H3/t15?,16?,19-,20-/m0/s1. The van der Waals surface area contributed by atoms with Gasteiger partial charge in [0.1, 0.15) is 5.60 Å². The van der Waals surface area contributed by atoms with Crippen molar-refractivity contribution in [3.63, 3.8) is 0 Å². The molecule has 3 fully saturated rings. The Bertz CT molecular complexity index is 957. The zero-order valence-corrected chi connectivity index (χ0v) is 20.0. The van der Waals surface area contributed by atoms with Gasteiger partial charge >= 0.3 is 6.09 Å². The molecule has 0 radical (unpaired) electrons. The molecule has 1 aliphatic carbocycles. The maximum atomic E-state index is 14.2. The average Bonchev–Trinajstić information content (AvgIpc) is 3.18. The van der Waals surface area contributed by atoms with Crippen LogP contribution in [-0.4, -0.2) is 74.0 Å². The van der Waals surface area contributed by atoms with Gasteiger partial charge in [0.2, 0.25) is 0 Å². The summed E-state index contributed by atoms with van der Waals surface area (Å²) in [6, 6.07) is 5.22. The van der Waals surface area contributed by atoms with Crippen LogP contribution in [0.2, 0.25) is 0 Å². The summed E-state index contributed by atoms with van der Waals surface area (Å²) in [6.07, 6.45) is 5.01. The lowest BCUT2D eigenvalue weighted by Gasteiger charge is -2.32. The van der Waals surface area contributed by atoms with Crippen LogP contribution in [0.1, 0.15) is 46.5 Å². The number of ether oxygens (including phenoxy) is 2. The van der Waals surface area contributed by atoms with E-state index in [-0.39, 0.29) is 16.7 Å². The molecule has 32 heavy (non-hydrogen) atoms. The molecule has 2 aliphatic heterocycles. The number of piperazine rings is 1. The Balaban J connectivity index is 1.20. The molecular formula is C23H33FN2O5S. The molecule has 7 nitrogen and oxygen atoms in total.